The Labute approximate surface area is 227 Å². The number of fused-ring (bicyclic) bond motifs is 2. The van der Waals surface area contributed by atoms with E-state index in [2.05, 4.69) is 25.3 Å². The van der Waals surface area contributed by atoms with Crippen molar-refractivity contribution in [3.05, 3.63) is 47.7 Å². The van der Waals surface area contributed by atoms with Crippen LogP contribution in [0.5, 0.6) is 0 Å². The maximum atomic E-state index is 13.4. The summed E-state index contributed by atoms with van der Waals surface area (Å²) >= 11 is 0. The summed E-state index contributed by atoms with van der Waals surface area (Å²) in [7, 11) is 1.84. The molecule has 1 aliphatic heterocycles. The van der Waals surface area contributed by atoms with Crippen LogP contribution in [0.4, 0.5) is 16.3 Å². The minimum atomic E-state index is -0.552. The second-order valence-electron chi connectivity index (χ2n) is 11.5. The highest BCUT2D eigenvalue weighted by Crippen LogP contribution is 2.32. The molecule has 1 aromatic carbocycles. The van der Waals surface area contributed by atoms with E-state index in [0.29, 0.717) is 30.0 Å². The molecule has 11 nitrogen and oxygen atoms in total. The summed E-state index contributed by atoms with van der Waals surface area (Å²) in [6.07, 6.45) is 5.29. The Balaban J connectivity index is 1.41. The number of anilines is 2. The third-order valence-electron chi connectivity index (χ3n) is 6.84. The second kappa shape index (κ2) is 9.55. The fraction of sp³-hybridized carbons (Fsp3) is 0.464. The fourth-order valence-electron chi connectivity index (χ4n) is 5.38. The molecule has 206 valence electrons. The molecule has 11 heteroatoms. The first-order valence-corrected chi connectivity index (χ1v) is 13.2. The van der Waals surface area contributed by atoms with Crippen LogP contribution in [0.25, 0.3) is 16.6 Å². The number of hydrogen-bond acceptors (Lipinski definition) is 7. The van der Waals surface area contributed by atoms with Gasteiger partial charge in [0.15, 0.2) is 5.65 Å². The number of imidazole rings is 1. The molecule has 4 aromatic rings. The van der Waals surface area contributed by atoms with Crippen LogP contribution in [0.3, 0.4) is 0 Å². The van der Waals surface area contributed by atoms with Crippen molar-refractivity contribution in [2.45, 2.75) is 66.2 Å². The lowest BCUT2D eigenvalue weighted by Gasteiger charge is -2.45. The SMILES string of the molecule is Cc1cn2cc(NC(=O)c3ccc(N4C[C@@H](C)N(C(=O)OC(C)(C)C)[C@@H](C)C4)c4cn(C)nc34)nc(C)c2n1. The van der Waals surface area contributed by atoms with Gasteiger partial charge in [-0.3, -0.25) is 14.4 Å². The van der Waals surface area contributed by atoms with E-state index >= 15 is 0 Å². The van der Waals surface area contributed by atoms with E-state index in [1.807, 2.05) is 89.3 Å². The molecule has 0 radical (unpaired) electrons. The molecule has 0 unspecified atom stereocenters. The molecule has 0 bridgehead atoms. The van der Waals surface area contributed by atoms with E-state index in [1.165, 1.54) is 0 Å². The quantitative estimate of drug-likeness (QED) is 0.418. The van der Waals surface area contributed by atoms with Crippen molar-refractivity contribution >= 4 is 40.1 Å². The highest BCUT2D eigenvalue weighted by atomic mass is 16.6. The summed E-state index contributed by atoms with van der Waals surface area (Å²) < 4.78 is 9.24. The smallest absolute Gasteiger partial charge is 0.410 e. The predicted molar refractivity (Wildman–Crippen MR) is 150 cm³/mol. The summed E-state index contributed by atoms with van der Waals surface area (Å²) in [6.45, 7) is 14.7. The van der Waals surface area contributed by atoms with Gasteiger partial charge in [0.1, 0.15) is 16.9 Å². The van der Waals surface area contributed by atoms with Crippen molar-refractivity contribution in [2.75, 3.05) is 23.3 Å². The maximum Gasteiger partial charge on any atom is 0.410 e. The molecule has 0 saturated carbocycles. The van der Waals surface area contributed by atoms with Gasteiger partial charge < -0.3 is 19.4 Å². The van der Waals surface area contributed by atoms with Gasteiger partial charge >= 0.3 is 6.09 Å². The lowest BCUT2D eigenvalue weighted by atomic mass is 10.0. The van der Waals surface area contributed by atoms with Gasteiger partial charge in [-0.05, 0) is 60.6 Å². The van der Waals surface area contributed by atoms with Gasteiger partial charge in [-0.1, -0.05) is 0 Å². The van der Waals surface area contributed by atoms with Crippen LogP contribution >= 0.6 is 0 Å². The van der Waals surface area contributed by atoms with E-state index in [4.69, 9.17) is 4.74 Å². The zero-order valence-corrected chi connectivity index (χ0v) is 23.8. The van der Waals surface area contributed by atoms with Crippen LogP contribution in [-0.4, -0.2) is 71.8 Å². The Morgan fingerprint density at radius 3 is 2.38 bits per heavy atom. The first kappa shape index (κ1) is 26.5. The van der Waals surface area contributed by atoms with Crippen LogP contribution in [-0.2, 0) is 11.8 Å². The third kappa shape index (κ3) is 5.13. The lowest BCUT2D eigenvalue weighted by Crippen LogP contribution is -2.59. The van der Waals surface area contributed by atoms with Gasteiger partial charge in [0.25, 0.3) is 5.91 Å². The first-order chi connectivity index (χ1) is 18.3. The molecule has 3 aromatic heterocycles. The number of carbonyl (C=O) groups excluding carboxylic acids is 2. The molecule has 0 spiro atoms. The number of benzene rings is 1. The number of carbonyl (C=O) groups is 2. The standard InChI is InChI=1S/C28H36N8O3/c1-16-11-35-15-23(30-19(4)25(35)29-16)31-26(37)20-9-10-22(21-14-33(8)32-24(20)21)34-12-17(2)36(18(3)13-34)27(38)39-28(5,6)7/h9-11,14-15,17-18H,12-13H2,1-8H3,(H,31,37)/t17-,18+. The fourth-order valence-corrected chi connectivity index (χ4v) is 5.38. The number of nitrogens with zero attached hydrogens (tertiary/aromatic N) is 7. The van der Waals surface area contributed by atoms with E-state index in [9.17, 15) is 9.59 Å². The average molecular weight is 533 g/mol. The van der Waals surface area contributed by atoms with Crippen LogP contribution in [0, 0.1) is 13.8 Å². The molecule has 4 heterocycles. The molecule has 1 N–H and O–H groups in total. The molecule has 1 saturated heterocycles. The van der Waals surface area contributed by atoms with Gasteiger partial charge in [-0.2, -0.15) is 5.10 Å². The average Bonchev–Trinajstić information content (AvgIpc) is 3.38. The van der Waals surface area contributed by atoms with E-state index in [1.54, 1.807) is 10.9 Å². The monoisotopic (exact) mass is 532 g/mol. The Morgan fingerprint density at radius 2 is 1.72 bits per heavy atom. The number of ether oxygens (including phenoxy) is 1. The van der Waals surface area contributed by atoms with Gasteiger partial charge in [0, 0.05) is 43.6 Å². The molecule has 2 atom stereocenters. The first-order valence-electron chi connectivity index (χ1n) is 13.2. The number of piperazine rings is 1. The van der Waals surface area contributed by atoms with Crippen molar-refractivity contribution in [3.63, 3.8) is 0 Å². The summed E-state index contributed by atoms with van der Waals surface area (Å²) in [4.78, 5) is 39.4. The van der Waals surface area contributed by atoms with Crippen molar-refractivity contribution in [1.82, 2.24) is 29.0 Å². The normalized spacial score (nSPS) is 18.2. The molecular weight excluding hydrogens is 496 g/mol. The van der Waals surface area contributed by atoms with Gasteiger partial charge in [-0.25, -0.2) is 14.8 Å². The van der Waals surface area contributed by atoms with Crippen LogP contribution in [0.1, 0.15) is 56.4 Å². The Bertz CT molecular complexity index is 1570. The van der Waals surface area contributed by atoms with Crippen LogP contribution in [0.15, 0.2) is 30.7 Å². The zero-order chi connectivity index (χ0) is 28.2. The van der Waals surface area contributed by atoms with E-state index in [-0.39, 0.29) is 24.1 Å². The zero-order valence-electron chi connectivity index (χ0n) is 23.8. The molecule has 39 heavy (non-hydrogen) atoms. The molecule has 2 amide bonds. The van der Waals surface area contributed by atoms with E-state index < -0.39 is 5.60 Å². The largest absolute Gasteiger partial charge is 0.444 e. The Morgan fingerprint density at radius 1 is 1.03 bits per heavy atom. The van der Waals surface area contributed by atoms with Crippen LogP contribution in [0.2, 0.25) is 0 Å². The summed E-state index contributed by atoms with van der Waals surface area (Å²) in [5.74, 6) is 0.154. The van der Waals surface area contributed by atoms with Crippen molar-refractivity contribution in [3.8, 4) is 0 Å². The van der Waals surface area contributed by atoms with Gasteiger partial charge in [0.2, 0.25) is 0 Å². The molecule has 5 rings (SSSR count). The van der Waals surface area contributed by atoms with Crippen molar-refractivity contribution in [1.29, 1.82) is 0 Å². The Hall–Kier alpha value is -4.15. The third-order valence-corrected chi connectivity index (χ3v) is 6.84. The van der Waals surface area contributed by atoms with Crippen molar-refractivity contribution < 1.29 is 14.3 Å². The number of aromatic nitrogens is 5. The molecule has 1 aliphatic rings. The maximum absolute atomic E-state index is 13.4. The van der Waals surface area contributed by atoms with Gasteiger partial charge in [0.05, 0.1) is 35.2 Å². The second-order valence-corrected chi connectivity index (χ2v) is 11.5. The minimum absolute atomic E-state index is 0.0608. The number of aryl methyl sites for hydroxylation is 3. The lowest BCUT2D eigenvalue weighted by molar-refractivity contribution is 0.00567. The van der Waals surface area contributed by atoms with E-state index in [0.717, 1.165) is 28.1 Å². The highest BCUT2D eigenvalue weighted by Gasteiger charge is 2.36. The minimum Gasteiger partial charge on any atom is -0.444 e. The van der Waals surface area contributed by atoms with Gasteiger partial charge in [-0.15, -0.1) is 0 Å². The van der Waals surface area contributed by atoms with Crippen molar-refractivity contribution in [2.24, 2.45) is 7.05 Å². The number of hydrogen-bond donors (Lipinski definition) is 1. The summed E-state index contributed by atoms with van der Waals surface area (Å²) in [6, 6.07) is 3.65. The number of amides is 2. The number of nitrogens with one attached hydrogen (secondary N) is 1. The topological polar surface area (TPSA) is 110 Å². The van der Waals surface area contributed by atoms with Crippen LogP contribution < -0.4 is 10.2 Å². The Kier molecular flexibility index (Phi) is 6.48. The highest BCUT2D eigenvalue weighted by molar-refractivity contribution is 6.13. The molecule has 0 aliphatic carbocycles. The number of rotatable bonds is 3. The molecular formula is C28H36N8O3. The predicted octanol–water partition coefficient (Wildman–Crippen LogP) is 4.32. The summed E-state index contributed by atoms with van der Waals surface area (Å²) in [5.41, 5.74) is 3.86. The molecule has 1 fully saturated rings. The summed E-state index contributed by atoms with van der Waals surface area (Å²) in [5, 5.41) is 8.44.